The lowest BCUT2D eigenvalue weighted by Crippen LogP contribution is -2.47. The van der Waals surface area contributed by atoms with Gasteiger partial charge in [0, 0.05) is 17.6 Å². The number of sulfonamides is 1. The predicted molar refractivity (Wildman–Crippen MR) is 123 cm³/mol. The van der Waals surface area contributed by atoms with Crippen LogP contribution in [0, 0.1) is 17.5 Å². The fraction of sp³-hybridized carbons (Fsp3) is 0.208. The van der Waals surface area contributed by atoms with Gasteiger partial charge >= 0.3 is 0 Å². The molecule has 0 heterocycles. The van der Waals surface area contributed by atoms with Crippen LogP contribution >= 0.6 is 11.6 Å². The summed E-state index contributed by atoms with van der Waals surface area (Å²) in [4.78, 5) is 12.3. The molecule has 0 saturated heterocycles. The van der Waals surface area contributed by atoms with Crippen LogP contribution in [-0.2, 0) is 27.8 Å². The molecule has 1 unspecified atom stereocenters. The van der Waals surface area contributed by atoms with Crippen molar-refractivity contribution in [1.29, 1.82) is 0 Å². The van der Waals surface area contributed by atoms with E-state index in [4.69, 9.17) is 17.3 Å². The van der Waals surface area contributed by atoms with Gasteiger partial charge in [-0.05, 0) is 78.9 Å². The molecule has 0 fully saturated rings. The molecular formula is C24H22ClF3N2O3S. The summed E-state index contributed by atoms with van der Waals surface area (Å²) in [5.41, 5.74) is 6.40. The van der Waals surface area contributed by atoms with E-state index in [-0.39, 0.29) is 30.7 Å². The molecule has 0 aromatic heterocycles. The molecule has 2 N–H and O–H groups in total. The molecule has 0 bridgehead atoms. The van der Waals surface area contributed by atoms with Gasteiger partial charge in [0.2, 0.25) is 15.9 Å². The zero-order valence-electron chi connectivity index (χ0n) is 17.9. The van der Waals surface area contributed by atoms with E-state index in [1.807, 2.05) is 0 Å². The van der Waals surface area contributed by atoms with Crippen LogP contribution in [0.4, 0.5) is 13.2 Å². The third-order valence-corrected chi connectivity index (χ3v) is 7.33. The van der Waals surface area contributed by atoms with Crippen molar-refractivity contribution in [2.75, 3.05) is 0 Å². The van der Waals surface area contributed by atoms with Crippen molar-refractivity contribution in [1.82, 2.24) is 4.31 Å². The Morgan fingerprint density at radius 3 is 2.03 bits per heavy atom. The zero-order chi connectivity index (χ0) is 24.9. The molecule has 34 heavy (non-hydrogen) atoms. The maximum Gasteiger partial charge on any atom is 0.244 e. The normalized spacial score (nSPS) is 12.6. The Bertz CT molecular complexity index is 1230. The smallest absolute Gasteiger partial charge is 0.244 e. The summed E-state index contributed by atoms with van der Waals surface area (Å²) >= 11 is 5.88. The Hall–Kier alpha value is -2.88. The van der Waals surface area contributed by atoms with Crippen molar-refractivity contribution in [3.05, 3.63) is 100 Å². The number of hydrogen-bond acceptors (Lipinski definition) is 3. The summed E-state index contributed by atoms with van der Waals surface area (Å²) < 4.78 is 68.2. The summed E-state index contributed by atoms with van der Waals surface area (Å²) in [7, 11) is -4.22. The number of carbonyl (C=O) groups is 1. The fourth-order valence-corrected chi connectivity index (χ4v) is 5.30. The number of nitrogens with two attached hydrogens (primary N) is 1. The third kappa shape index (κ3) is 6.59. The fourth-order valence-electron chi connectivity index (χ4n) is 3.56. The molecule has 1 amide bonds. The molecule has 0 saturated carbocycles. The summed E-state index contributed by atoms with van der Waals surface area (Å²) in [6, 6.07) is 12.4. The van der Waals surface area contributed by atoms with Gasteiger partial charge in [-0.1, -0.05) is 23.7 Å². The van der Waals surface area contributed by atoms with E-state index in [1.54, 1.807) is 0 Å². The molecule has 0 aliphatic carbocycles. The van der Waals surface area contributed by atoms with E-state index in [0.29, 0.717) is 16.1 Å². The minimum absolute atomic E-state index is 0.00147. The maximum atomic E-state index is 13.5. The number of halogens is 4. The lowest BCUT2D eigenvalue weighted by molar-refractivity contribution is -0.122. The summed E-state index contributed by atoms with van der Waals surface area (Å²) in [5.74, 6) is -2.84. The van der Waals surface area contributed by atoms with Gasteiger partial charge in [0.15, 0.2) is 0 Å². The van der Waals surface area contributed by atoms with Gasteiger partial charge in [-0.25, -0.2) is 21.6 Å². The highest BCUT2D eigenvalue weighted by atomic mass is 35.5. The van der Waals surface area contributed by atoms with Gasteiger partial charge in [-0.15, -0.1) is 0 Å². The maximum absolute atomic E-state index is 13.5. The first-order valence-electron chi connectivity index (χ1n) is 10.3. The largest absolute Gasteiger partial charge is 0.368 e. The average Bonchev–Trinajstić information content (AvgIpc) is 2.76. The molecule has 0 radical (unpaired) electrons. The average molecular weight is 511 g/mol. The van der Waals surface area contributed by atoms with Crippen molar-refractivity contribution in [3.8, 4) is 0 Å². The second-order valence-electron chi connectivity index (χ2n) is 7.72. The van der Waals surface area contributed by atoms with Crippen LogP contribution in [0.2, 0.25) is 5.02 Å². The lowest BCUT2D eigenvalue weighted by Gasteiger charge is -2.29. The molecule has 3 rings (SSSR count). The lowest BCUT2D eigenvalue weighted by atomic mass is 10.0. The molecule has 0 aliphatic rings. The van der Waals surface area contributed by atoms with Crippen molar-refractivity contribution >= 4 is 27.5 Å². The summed E-state index contributed by atoms with van der Waals surface area (Å²) in [5, 5.41) is 0.331. The van der Waals surface area contributed by atoms with E-state index in [0.717, 1.165) is 10.4 Å². The van der Waals surface area contributed by atoms with Crippen LogP contribution in [0.3, 0.4) is 0 Å². The first-order valence-corrected chi connectivity index (χ1v) is 12.1. The summed E-state index contributed by atoms with van der Waals surface area (Å²) in [6.45, 7) is -0.243. The van der Waals surface area contributed by atoms with Crippen LogP contribution < -0.4 is 5.73 Å². The minimum Gasteiger partial charge on any atom is -0.368 e. The molecule has 5 nitrogen and oxygen atoms in total. The van der Waals surface area contributed by atoms with Gasteiger partial charge in [0.25, 0.3) is 0 Å². The van der Waals surface area contributed by atoms with Gasteiger partial charge in [-0.3, -0.25) is 4.79 Å². The molecule has 180 valence electrons. The van der Waals surface area contributed by atoms with Crippen LogP contribution in [0.25, 0.3) is 0 Å². The van der Waals surface area contributed by atoms with E-state index < -0.39 is 39.4 Å². The highest BCUT2D eigenvalue weighted by Gasteiger charge is 2.34. The topological polar surface area (TPSA) is 80.5 Å². The minimum atomic E-state index is -4.22. The van der Waals surface area contributed by atoms with Gasteiger partial charge in [0.05, 0.1) is 4.90 Å². The Kier molecular flexibility index (Phi) is 8.35. The van der Waals surface area contributed by atoms with Crippen LogP contribution in [0.15, 0.2) is 71.6 Å². The van der Waals surface area contributed by atoms with Crippen molar-refractivity contribution in [3.63, 3.8) is 0 Å². The Morgan fingerprint density at radius 1 is 0.882 bits per heavy atom. The Balaban J connectivity index is 1.91. The van der Waals surface area contributed by atoms with Gasteiger partial charge < -0.3 is 5.73 Å². The monoisotopic (exact) mass is 510 g/mol. The Morgan fingerprint density at radius 2 is 1.47 bits per heavy atom. The quantitative estimate of drug-likeness (QED) is 0.424. The molecule has 1 atom stereocenters. The van der Waals surface area contributed by atoms with Crippen molar-refractivity contribution < 1.29 is 26.4 Å². The van der Waals surface area contributed by atoms with E-state index in [2.05, 4.69) is 0 Å². The molecule has 0 aliphatic heterocycles. The highest BCUT2D eigenvalue weighted by molar-refractivity contribution is 7.89. The molecule has 10 heteroatoms. The number of benzene rings is 3. The van der Waals surface area contributed by atoms with Crippen LogP contribution in [0.1, 0.15) is 24.0 Å². The number of carbonyl (C=O) groups excluding carboxylic acids is 1. The first-order chi connectivity index (χ1) is 16.1. The highest BCUT2D eigenvalue weighted by Crippen LogP contribution is 2.25. The first kappa shape index (κ1) is 25.7. The number of aryl methyl sites for hydroxylation is 1. The predicted octanol–water partition coefficient (Wildman–Crippen LogP) is 4.83. The SMILES string of the molecule is NC(=O)C(CCCc1cc(F)cc(F)c1)N(Cc1ccc(F)cc1)S(=O)(=O)c1ccc(Cl)cc1. The number of amides is 1. The molecule has 3 aromatic rings. The molecule has 0 spiro atoms. The number of rotatable bonds is 10. The van der Waals surface area contributed by atoms with Crippen molar-refractivity contribution in [2.24, 2.45) is 5.73 Å². The van der Waals surface area contributed by atoms with Crippen LogP contribution in [0.5, 0.6) is 0 Å². The Labute approximate surface area is 201 Å². The third-order valence-electron chi connectivity index (χ3n) is 5.21. The standard InChI is InChI=1S/C24H22ClF3N2O3S/c25-18-6-10-22(11-7-18)34(32,33)30(15-16-4-8-19(26)9-5-16)23(24(29)31)3-1-2-17-12-20(27)14-21(28)13-17/h4-14,23H,1-3,15H2,(H2,29,31). The second kappa shape index (κ2) is 11.0. The second-order valence-corrected chi connectivity index (χ2v) is 10.0. The van der Waals surface area contributed by atoms with Crippen LogP contribution in [-0.4, -0.2) is 24.7 Å². The van der Waals surface area contributed by atoms with Gasteiger partial charge in [0.1, 0.15) is 23.5 Å². The van der Waals surface area contributed by atoms with E-state index in [9.17, 15) is 26.4 Å². The van der Waals surface area contributed by atoms with E-state index >= 15 is 0 Å². The summed E-state index contributed by atoms with van der Waals surface area (Å²) in [6.07, 6.45) is 0.428. The molecular weight excluding hydrogens is 489 g/mol. The van der Waals surface area contributed by atoms with E-state index in [1.165, 1.54) is 60.7 Å². The van der Waals surface area contributed by atoms with Crippen molar-refractivity contribution in [2.45, 2.75) is 36.7 Å². The number of nitrogens with zero attached hydrogens (tertiary/aromatic N) is 1. The molecule has 3 aromatic carbocycles. The zero-order valence-corrected chi connectivity index (χ0v) is 19.5. The van der Waals surface area contributed by atoms with Gasteiger partial charge in [-0.2, -0.15) is 4.31 Å². The number of primary amides is 1. The number of hydrogen-bond donors (Lipinski definition) is 1.